The second-order valence-corrected chi connectivity index (χ2v) is 5.86. The highest BCUT2D eigenvalue weighted by Gasteiger charge is 2.54. The highest BCUT2D eigenvalue weighted by atomic mass is 16.7. The van der Waals surface area contributed by atoms with Gasteiger partial charge in [-0.15, -0.1) is 0 Å². The van der Waals surface area contributed by atoms with E-state index in [1.165, 1.54) is 49.9 Å². The molecule has 2 rings (SSSR count). The zero-order chi connectivity index (χ0) is 20.1. The van der Waals surface area contributed by atoms with Gasteiger partial charge in [-0.25, -0.2) is 4.79 Å². The molecule has 154 valence electrons. The normalized spacial score (nSPS) is 23.2. The molecule has 0 bridgehead atoms. The maximum absolute atomic E-state index is 11.5. The van der Waals surface area contributed by atoms with Crippen LogP contribution in [0.3, 0.4) is 0 Å². The van der Waals surface area contributed by atoms with Crippen LogP contribution in [0.5, 0.6) is 0 Å². The van der Waals surface area contributed by atoms with Crippen LogP contribution in [-0.4, -0.2) is 53.9 Å². The SMILES string of the molecule is CC(=O)OC[C@H]1O[C@@H]([n+]2cccc(C(=O)O)c2)[C@H](OC(C)=O)[C@@H]1OC(C)=O.[CH3-]. The van der Waals surface area contributed by atoms with E-state index in [2.05, 4.69) is 0 Å². The van der Waals surface area contributed by atoms with E-state index in [0.29, 0.717) is 0 Å². The van der Waals surface area contributed by atoms with Crippen molar-refractivity contribution in [1.29, 1.82) is 0 Å². The average molecular weight is 397 g/mol. The lowest BCUT2D eigenvalue weighted by Crippen LogP contribution is -2.48. The number of hydrogen-bond acceptors (Lipinski definition) is 8. The molecule has 28 heavy (non-hydrogen) atoms. The van der Waals surface area contributed by atoms with Crippen molar-refractivity contribution >= 4 is 23.9 Å². The third-order valence-electron chi connectivity index (χ3n) is 3.70. The number of ether oxygens (including phenoxy) is 4. The summed E-state index contributed by atoms with van der Waals surface area (Å²) in [5.74, 6) is -3.00. The number of pyridine rings is 1. The fourth-order valence-electron chi connectivity index (χ4n) is 2.71. The molecule has 1 aliphatic heterocycles. The van der Waals surface area contributed by atoms with Crippen molar-refractivity contribution < 1.29 is 47.8 Å². The Bertz CT molecular complexity index is 748. The van der Waals surface area contributed by atoms with Gasteiger partial charge in [0.2, 0.25) is 6.10 Å². The molecule has 1 N–H and O–H groups in total. The van der Waals surface area contributed by atoms with Crippen molar-refractivity contribution in [1.82, 2.24) is 0 Å². The largest absolute Gasteiger partial charge is 0.477 e. The van der Waals surface area contributed by atoms with E-state index in [9.17, 15) is 19.2 Å². The second kappa shape index (κ2) is 9.79. The van der Waals surface area contributed by atoms with Crippen LogP contribution < -0.4 is 4.57 Å². The second-order valence-electron chi connectivity index (χ2n) is 5.86. The third kappa shape index (κ3) is 5.74. The summed E-state index contributed by atoms with van der Waals surface area (Å²) in [6, 6.07) is 2.87. The van der Waals surface area contributed by atoms with Gasteiger partial charge in [0.15, 0.2) is 18.5 Å². The summed E-state index contributed by atoms with van der Waals surface area (Å²) in [6.07, 6.45) is -1.20. The fraction of sp³-hybridized carbons (Fsp3) is 0.444. The van der Waals surface area contributed by atoms with Crippen LogP contribution in [0.25, 0.3) is 0 Å². The molecule has 1 fully saturated rings. The number of carboxylic acid groups (broad SMARTS) is 1. The van der Waals surface area contributed by atoms with Gasteiger partial charge in [0.1, 0.15) is 18.3 Å². The van der Waals surface area contributed by atoms with Crippen LogP contribution in [0.2, 0.25) is 0 Å². The zero-order valence-electron chi connectivity index (χ0n) is 16.0. The summed E-state index contributed by atoms with van der Waals surface area (Å²) in [6.45, 7) is 3.33. The Morgan fingerprint density at radius 2 is 1.68 bits per heavy atom. The Kier molecular flexibility index (Phi) is 8.05. The van der Waals surface area contributed by atoms with Crippen LogP contribution in [0.4, 0.5) is 0 Å². The quantitative estimate of drug-likeness (QED) is 0.315. The lowest BCUT2D eigenvalue weighted by molar-refractivity contribution is -0.765. The molecule has 0 aliphatic carbocycles. The monoisotopic (exact) mass is 397 g/mol. The number of hydrogen-bond donors (Lipinski definition) is 1. The molecule has 0 spiro atoms. The molecule has 10 nitrogen and oxygen atoms in total. The van der Waals surface area contributed by atoms with E-state index in [1.54, 1.807) is 0 Å². The number of aromatic carboxylic acids is 1. The first-order chi connectivity index (χ1) is 12.7. The van der Waals surface area contributed by atoms with E-state index >= 15 is 0 Å². The molecule has 1 saturated heterocycles. The first-order valence-electron chi connectivity index (χ1n) is 8.06. The Morgan fingerprint density at radius 3 is 2.21 bits per heavy atom. The third-order valence-corrected chi connectivity index (χ3v) is 3.70. The summed E-state index contributed by atoms with van der Waals surface area (Å²) in [4.78, 5) is 45.4. The predicted octanol–water partition coefficient (Wildman–Crippen LogP) is 0.446. The minimum atomic E-state index is -1.15. The maximum Gasteiger partial charge on any atom is 0.341 e. The molecular formula is C18H23NO9. The van der Waals surface area contributed by atoms with Crippen LogP contribution >= 0.6 is 0 Å². The van der Waals surface area contributed by atoms with Gasteiger partial charge in [0.05, 0.1) is 0 Å². The molecule has 1 aliphatic rings. The van der Waals surface area contributed by atoms with Crippen molar-refractivity contribution in [3.8, 4) is 0 Å². The van der Waals surface area contributed by atoms with Gasteiger partial charge < -0.3 is 31.5 Å². The molecule has 4 atom stereocenters. The molecule has 10 heteroatoms. The molecule has 0 radical (unpaired) electrons. The average Bonchev–Trinajstić information content (AvgIpc) is 2.89. The van der Waals surface area contributed by atoms with Crippen molar-refractivity contribution in [2.24, 2.45) is 0 Å². The predicted molar refractivity (Wildman–Crippen MR) is 91.7 cm³/mol. The molecule has 1 aromatic rings. The van der Waals surface area contributed by atoms with E-state index in [1.807, 2.05) is 0 Å². The highest BCUT2D eigenvalue weighted by Crippen LogP contribution is 2.31. The van der Waals surface area contributed by atoms with Crippen LogP contribution in [-0.2, 0) is 33.3 Å². The van der Waals surface area contributed by atoms with Gasteiger partial charge in [-0.2, -0.15) is 4.57 Å². The molecule has 0 saturated carbocycles. The topological polar surface area (TPSA) is 129 Å². The Balaban J connectivity index is 0.00000392. The first-order valence-corrected chi connectivity index (χ1v) is 8.06. The standard InChI is InChI=1S/C17H19NO9.CH3/c1-9(19)24-8-13-14(25-10(2)20)15(26-11(3)21)16(27-13)18-6-4-5-12(7-18)17(22)23;/h4-7,13-16H,8H2,1-3H3;1H3/q;-1/p+1/t13-,14-,15-,16-;/m1./s1. The van der Waals surface area contributed by atoms with Gasteiger partial charge >= 0.3 is 30.1 Å². The van der Waals surface area contributed by atoms with Gasteiger partial charge in [0.25, 0.3) is 0 Å². The number of rotatable bonds is 6. The van der Waals surface area contributed by atoms with Gasteiger partial charge in [-0.3, -0.25) is 14.4 Å². The van der Waals surface area contributed by atoms with Crippen LogP contribution in [0, 0.1) is 7.43 Å². The van der Waals surface area contributed by atoms with E-state index in [-0.39, 0.29) is 19.6 Å². The molecule has 0 unspecified atom stereocenters. The Hall–Kier alpha value is -3.01. The number of esters is 3. The zero-order valence-corrected chi connectivity index (χ0v) is 16.0. The summed E-state index contributed by atoms with van der Waals surface area (Å²) < 4.78 is 22.6. The summed E-state index contributed by atoms with van der Waals surface area (Å²) in [5, 5.41) is 9.17. The lowest BCUT2D eigenvalue weighted by Gasteiger charge is -2.21. The minimum Gasteiger partial charge on any atom is -0.477 e. The Morgan fingerprint density at radius 1 is 1.07 bits per heavy atom. The fourth-order valence-corrected chi connectivity index (χ4v) is 2.71. The van der Waals surface area contributed by atoms with Crippen molar-refractivity contribution in [3.63, 3.8) is 0 Å². The molecule has 1 aromatic heterocycles. The van der Waals surface area contributed by atoms with Gasteiger partial charge in [-0.05, 0) is 6.07 Å². The van der Waals surface area contributed by atoms with Crippen LogP contribution in [0.1, 0.15) is 37.4 Å². The summed E-state index contributed by atoms with van der Waals surface area (Å²) in [7, 11) is 0. The van der Waals surface area contributed by atoms with Crippen molar-refractivity contribution in [3.05, 3.63) is 37.5 Å². The minimum absolute atomic E-state index is 0. The number of carboxylic acids is 1. The van der Waals surface area contributed by atoms with E-state index < -0.39 is 48.4 Å². The maximum atomic E-state index is 11.5. The number of carbonyl (C=O) groups excluding carboxylic acids is 3. The molecule has 0 aromatic carbocycles. The van der Waals surface area contributed by atoms with Crippen molar-refractivity contribution in [2.75, 3.05) is 6.61 Å². The lowest BCUT2D eigenvalue weighted by atomic mass is 10.1. The Labute approximate surface area is 161 Å². The number of aromatic nitrogens is 1. The molecule has 0 amide bonds. The van der Waals surface area contributed by atoms with Crippen molar-refractivity contribution in [2.45, 2.75) is 45.3 Å². The number of carbonyl (C=O) groups is 4. The molecule has 2 heterocycles. The summed E-state index contributed by atoms with van der Waals surface area (Å²) >= 11 is 0. The summed E-state index contributed by atoms with van der Waals surface area (Å²) in [5.41, 5.74) is -0.0184. The molecular weight excluding hydrogens is 374 g/mol. The van der Waals surface area contributed by atoms with E-state index in [0.717, 1.165) is 0 Å². The highest BCUT2D eigenvalue weighted by molar-refractivity contribution is 5.86. The van der Waals surface area contributed by atoms with Gasteiger partial charge in [-0.1, -0.05) is 0 Å². The van der Waals surface area contributed by atoms with E-state index in [4.69, 9.17) is 24.1 Å². The number of nitrogens with zero attached hydrogens (tertiary/aromatic N) is 1. The van der Waals surface area contributed by atoms with Gasteiger partial charge in [0, 0.05) is 26.8 Å². The smallest absolute Gasteiger partial charge is 0.341 e. The first kappa shape index (κ1) is 23.0. The van der Waals surface area contributed by atoms with Crippen LogP contribution in [0.15, 0.2) is 24.5 Å².